The molecule has 0 aromatic rings. The van der Waals surface area contributed by atoms with Crippen LogP contribution in [0.15, 0.2) is 23.3 Å². The summed E-state index contributed by atoms with van der Waals surface area (Å²) in [5.41, 5.74) is 3.10. The van der Waals surface area contributed by atoms with Crippen molar-refractivity contribution in [2.45, 2.75) is 52.1 Å². The summed E-state index contributed by atoms with van der Waals surface area (Å²) in [6.07, 6.45) is 5.26. The molecule has 4 bridgehead atoms. The van der Waals surface area contributed by atoms with E-state index < -0.39 is 5.60 Å². The predicted octanol–water partition coefficient (Wildman–Crippen LogP) is 3.63. The Morgan fingerprint density at radius 2 is 1.89 bits per heavy atom. The van der Waals surface area contributed by atoms with E-state index in [1.807, 2.05) is 13.8 Å². The molecular weight excluding hydrogens is 224 g/mol. The van der Waals surface area contributed by atoms with Gasteiger partial charge in [-0.25, -0.2) is 4.79 Å². The maximum atomic E-state index is 11.8. The highest BCUT2D eigenvalue weighted by Crippen LogP contribution is 2.61. The molecule has 5 aliphatic rings. The molecule has 3 saturated carbocycles. The van der Waals surface area contributed by atoms with Crippen LogP contribution in [0.2, 0.25) is 0 Å². The number of carbonyl (C=O) groups is 1. The lowest BCUT2D eigenvalue weighted by Crippen LogP contribution is -2.47. The fourth-order valence-electron chi connectivity index (χ4n) is 4.16. The lowest BCUT2D eigenvalue weighted by atomic mass is 9.50. The van der Waals surface area contributed by atoms with Gasteiger partial charge in [0.25, 0.3) is 0 Å². The van der Waals surface area contributed by atoms with Crippen molar-refractivity contribution >= 4 is 5.97 Å². The molecule has 18 heavy (non-hydrogen) atoms. The number of esters is 1. The van der Waals surface area contributed by atoms with Gasteiger partial charge in [-0.1, -0.05) is 12.2 Å². The molecule has 2 unspecified atom stereocenters. The molecule has 0 heterocycles. The summed E-state index contributed by atoms with van der Waals surface area (Å²) in [4.78, 5) is 11.8. The van der Waals surface area contributed by atoms with Crippen LogP contribution in [0, 0.1) is 17.8 Å². The van der Waals surface area contributed by atoms with Crippen LogP contribution in [-0.2, 0) is 9.53 Å². The summed E-state index contributed by atoms with van der Waals surface area (Å²) in [5, 5.41) is 0. The van der Waals surface area contributed by atoms with Crippen LogP contribution in [0.25, 0.3) is 0 Å². The Kier molecular flexibility index (Phi) is 2.48. The zero-order valence-corrected chi connectivity index (χ0v) is 11.6. The van der Waals surface area contributed by atoms with E-state index in [4.69, 9.17) is 4.74 Å². The van der Waals surface area contributed by atoms with Crippen molar-refractivity contribution in [1.29, 1.82) is 0 Å². The van der Waals surface area contributed by atoms with Gasteiger partial charge in [0.2, 0.25) is 0 Å². The fraction of sp³-hybridized carbons (Fsp3) is 0.688. The minimum absolute atomic E-state index is 0.261. The highest BCUT2D eigenvalue weighted by Gasteiger charge is 2.51. The fourth-order valence-corrected chi connectivity index (χ4v) is 4.16. The summed E-state index contributed by atoms with van der Waals surface area (Å²) in [7, 11) is 0. The van der Waals surface area contributed by atoms with Crippen molar-refractivity contribution in [2.24, 2.45) is 17.8 Å². The lowest BCUT2D eigenvalue weighted by molar-refractivity contribution is -0.149. The van der Waals surface area contributed by atoms with E-state index in [-0.39, 0.29) is 5.97 Å². The first-order chi connectivity index (χ1) is 8.38. The van der Waals surface area contributed by atoms with Crippen LogP contribution in [-0.4, -0.2) is 11.6 Å². The summed E-state index contributed by atoms with van der Waals surface area (Å²) in [5.74, 6) is 2.19. The van der Waals surface area contributed by atoms with Gasteiger partial charge in [0, 0.05) is 5.57 Å². The van der Waals surface area contributed by atoms with Gasteiger partial charge in [-0.05, 0) is 69.8 Å². The van der Waals surface area contributed by atoms with E-state index >= 15 is 0 Å². The van der Waals surface area contributed by atoms with Gasteiger partial charge in [0.1, 0.15) is 5.60 Å². The van der Waals surface area contributed by atoms with Gasteiger partial charge >= 0.3 is 5.97 Å². The summed E-state index contributed by atoms with van der Waals surface area (Å²) < 4.78 is 5.66. The monoisotopic (exact) mass is 246 g/mol. The normalized spacial score (nSPS) is 33.2. The lowest BCUT2D eigenvalue weighted by Gasteiger charge is -2.56. The molecule has 0 spiro atoms. The number of allylic oxidation sites excluding steroid dienone is 1. The van der Waals surface area contributed by atoms with E-state index in [0.29, 0.717) is 5.57 Å². The largest absolute Gasteiger partial charge is 0.452 e. The molecule has 0 aromatic carbocycles. The molecule has 0 saturated heterocycles. The van der Waals surface area contributed by atoms with Gasteiger partial charge in [-0.15, -0.1) is 0 Å². The van der Waals surface area contributed by atoms with Gasteiger partial charge < -0.3 is 4.74 Å². The highest BCUT2D eigenvalue weighted by molar-refractivity contribution is 5.87. The number of ether oxygens (including phenoxy) is 1. The third-order valence-corrected chi connectivity index (χ3v) is 4.95. The van der Waals surface area contributed by atoms with Crippen molar-refractivity contribution in [2.75, 3.05) is 0 Å². The van der Waals surface area contributed by atoms with Crippen molar-refractivity contribution in [3.63, 3.8) is 0 Å². The Morgan fingerprint density at radius 3 is 2.39 bits per heavy atom. The van der Waals surface area contributed by atoms with Crippen molar-refractivity contribution in [1.82, 2.24) is 0 Å². The summed E-state index contributed by atoms with van der Waals surface area (Å²) in [6.45, 7) is 9.45. The molecule has 98 valence electrons. The van der Waals surface area contributed by atoms with Gasteiger partial charge in [-0.2, -0.15) is 0 Å². The van der Waals surface area contributed by atoms with Gasteiger partial charge in [0.15, 0.2) is 0 Å². The topological polar surface area (TPSA) is 26.3 Å². The van der Waals surface area contributed by atoms with Crippen LogP contribution >= 0.6 is 0 Å². The predicted molar refractivity (Wildman–Crippen MR) is 70.9 cm³/mol. The first kappa shape index (κ1) is 12.0. The third-order valence-electron chi connectivity index (χ3n) is 4.95. The highest BCUT2D eigenvalue weighted by atomic mass is 16.6. The SMILES string of the molecule is C=C(C)C(=O)OC(C)(C)C1=C2C3CC(C1)CC2C3. The van der Waals surface area contributed by atoms with E-state index in [2.05, 4.69) is 6.58 Å². The molecule has 0 N–H and O–H groups in total. The Labute approximate surface area is 109 Å². The van der Waals surface area contributed by atoms with Crippen molar-refractivity contribution in [3.8, 4) is 0 Å². The number of fused-ring (bicyclic) bond motifs is 1. The van der Waals surface area contributed by atoms with Crippen LogP contribution < -0.4 is 0 Å². The van der Waals surface area contributed by atoms with Crippen molar-refractivity contribution < 1.29 is 9.53 Å². The molecule has 0 amide bonds. The molecular formula is C16H22O2. The molecule has 2 atom stereocenters. The molecule has 3 fully saturated rings. The molecule has 2 nitrogen and oxygen atoms in total. The minimum Gasteiger partial charge on any atom is -0.452 e. The number of rotatable bonds is 3. The van der Waals surface area contributed by atoms with Crippen LogP contribution in [0.5, 0.6) is 0 Å². The Hall–Kier alpha value is -1.05. The maximum absolute atomic E-state index is 11.8. The smallest absolute Gasteiger partial charge is 0.333 e. The first-order valence-electron chi connectivity index (χ1n) is 7.00. The third kappa shape index (κ3) is 1.65. The maximum Gasteiger partial charge on any atom is 0.333 e. The number of carbonyl (C=O) groups excluding carboxylic acids is 1. The second kappa shape index (κ2) is 3.72. The van der Waals surface area contributed by atoms with E-state index in [1.54, 1.807) is 12.5 Å². The molecule has 0 aromatic heterocycles. The summed E-state index contributed by atoms with van der Waals surface area (Å²) in [6, 6.07) is 0. The Balaban J connectivity index is 1.86. The van der Waals surface area contributed by atoms with Crippen LogP contribution in [0.3, 0.4) is 0 Å². The van der Waals surface area contributed by atoms with Crippen molar-refractivity contribution in [3.05, 3.63) is 23.3 Å². The number of hydrogen-bond acceptors (Lipinski definition) is 2. The Morgan fingerprint density at radius 1 is 1.28 bits per heavy atom. The zero-order valence-electron chi connectivity index (χ0n) is 11.6. The summed E-state index contributed by atoms with van der Waals surface area (Å²) >= 11 is 0. The molecule has 5 aliphatic carbocycles. The van der Waals surface area contributed by atoms with Gasteiger partial charge in [-0.3, -0.25) is 0 Å². The standard InChI is InChI=1S/C16H22O2/c1-9(2)15(17)18-16(3,4)13-7-10-5-11-8-12(6-10)14(11)13/h10-12H,1,5-8H2,2-4H3. The van der Waals surface area contributed by atoms with Crippen LogP contribution in [0.1, 0.15) is 46.5 Å². The average molecular weight is 246 g/mol. The van der Waals surface area contributed by atoms with E-state index in [0.717, 1.165) is 24.2 Å². The molecule has 5 rings (SSSR count). The van der Waals surface area contributed by atoms with E-state index in [9.17, 15) is 4.79 Å². The zero-order chi connectivity index (χ0) is 13.1. The van der Waals surface area contributed by atoms with E-state index in [1.165, 1.54) is 24.8 Å². The Bertz CT molecular complexity index is 442. The second-order valence-electron chi connectivity index (χ2n) is 6.79. The molecule has 0 radical (unpaired) electrons. The number of hydrogen-bond donors (Lipinski definition) is 0. The minimum atomic E-state index is -0.443. The van der Waals surface area contributed by atoms with Gasteiger partial charge in [0.05, 0.1) is 0 Å². The quantitative estimate of drug-likeness (QED) is 0.432. The second-order valence-corrected chi connectivity index (χ2v) is 6.79. The molecule has 2 heteroatoms. The molecule has 0 aliphatic heterocycles. The van der Waals surface area contributed by atoms with Crippen LogP contribution in [0.4, 0.5) is 0 Å². The first-order valence-corrected chi connectivity index (χ1v) is 7.00. The average Bonchev–Trinajstić information content (AvgIpc) is 2.27.